The Morgan fingerprint density at radius 1 is 0.556 bits per heavy atom. The molecule has 0 aliphatic carbocycles. The van der Waals surface area contributed by atoms with Gasteiger partial charge in [0.05, 0.1) is 23.2 Å². The van der Waals surface area contributed by atoms with Crippen LogP contribution in [-0.4, -0.2) is 22.2 Å². The molecule has 0 fully saturated rings. The van der Waals surface area contributed by atoms with Crippen molar-refractivity contribution in [2.75, 3.05) is 0 Å². The fourth-order valence-electron chi connectivity index (χ4n) is 4.28. The highest BCUT2D eigenvalue weighted by Gasteiger charge is 2.11. The van der Waals surface area contributed by atoms with Gasteiger partial charge in [0.2, 0.25) is 0 Å². The molecule has 6 heteroatoms. The van der Waals surface area contributed by atoms with E-state index in [0.29, 0.717) is 33.2 Å². The number of pyridine rings is 2. The Morgan fingerprint density at radius 3 is 1.25 bits per heavy atom. The van der Waals surface area contributed by atoms with Crippen LogP contribution < -0.4 is 20.3 Å². The van der Waals surface area contributed by atoms with Crippen LogP contribution in [0.1, 0.15) is 27.7 Å². The van der Waals surface area contributed by atoms with E-state index < -0.39 is 0 Å². The summed E-state index contributed by atoms with van der Waals surface area (Å²) in [7, 11) is 0. The summed E-state index contributed by atoms with van der Waals surface area (Å²) in [4.78, 5) is 32.7. The fraction of sp³-hybridized carbons (Fsp3) is 0.200. The van der Waals surface area contributed by atoms with Crippen LogP contribution in [0.2, 0.25) is 0 Å². The van der Waals surface area contributed by atoms with E-state index >= 15 is 0 Å². The first kappa shape index (κ1) is 23.4. The quantitative estimate of drug-likeness (QED) is 0.280. The molecule has 36 heavy (non-hydrogen) atoms. The lowest BCUT2D eigenvalue weighted by Crippen LogP contribution is -2.07. The standard InChI is InChI=1S/C30H28N2O4/c1-17(2)35-21-9-5-19(6-10-21)25-15-29(33)23-14-28-24(13-27(23)31-25)30(34)16-26(32-28)20-7-11-22(12-8-20)36-18(3)4/h5-18H,1-4H3,(H,31,33)(H,32,34). The highest BCUT2D eigenvalue weighted by molar-refractivity contribution is 5.96. The molecule has 2 aromatic heterocycles. The largest absolute Gasteiger partial charge is 0.491 e. The molecule has 0 aliphatic rings. The van der Waals surface area contributed by atoms with Crippen molar-refractivity contribution in [1.29, 1.82) is 0 Å². The first-order chi connectivity index (χ1) is 17.3. The Hall–Kier alpha value is -4.32. The van der Waals surface area contributed by atoms with E-state index in [1.54, 1.807) is 24.3 Å². The van der Waals surface area contributed by atoms with Crippen molar-refractivity contribution in [3.63, 3.8) is 0 Å². The van der Waals surface area contributed by atoms with E-state index in [9.17, 15) is 9.59 Å². The number of fused-ring (bicyclic) bond motifs is 2. The third-order valence-electron chi connectivity index (χ3n) is 5.85. The molecular weight excluding hydrogens is 452 g/mol. The number of H-pyrrole nitrogens is 2. The van der Waals surface area contributed by atoms with Gasteiger partial charge in [0, 0.05) is 34.3 Å². The van der Waals surface area contributed by atoms with Gasteiger partial charge in [-0.25, -0.2) is 0 Å². The van der Waals surface area contributed by atoms with Crippen LogP contribution in [0.25, 0.3) is 44.3 Å². The van der Waals surface area contributed by atoms with Crippen molar-refractivity contribution in [3.8, 4) is 34.0 Å². The minimum absolute atomic E-state index is 0.0847. The molecule has 2 heterocycles. The van der Waals surface area contributed by atoms with E-state index in [1.165, 1.54) is 0 Å². The predicted molar refractivity (Wildman–Crippen MR) is 145 cm³/mol. The number of nitrogens with one attached hydrogen (secondary N) is 2. The summed E-state index contributed by atoms with van der Waals surface area (Å²) < 4.78 is 11.4. The minimum atomic E-state index is -0.121. The number of aromatic nitrogens is 2. The fourth-order valence-corrected chi connectivity index (χ4v) is 4.28. The van der Waals surface area contributed by atoms with Crippen LogP contribution in [-0.2, 0) is 0 Å². The smallest absolute Gasteiger partial charge is 0.190 e. The zero-order chi connectivity index (χ0) is 25.4. The van der Waals surface area contributed by atoms with Crippen LogP contribution in [0.4, 0.5) is 0 Å². The third-order valence-corrected chi connectivity index (χ3v) is 5.85. The summed E-state index contributed by atoms with van der Waals surface area (Å²) in [6.45, 7) is 7.90. The SMILES string of the molecule is CC(C)Oc1ccc(-c2cc(=O)c3cc4[nH]c(-c5ccc(OC(C)C)cc5)cc(=O)c4cc3[nH]2)cc1. The molecule has 0 atom stereocenters. The normalized spacial score (nSPS) is 11.5. The lowest BCUT2D eigenvalue weighted by Gasteiger charge is -2.11. The maximum Gasteiger partial charge on any atom is 0.190 e. The summed E-state index contributed by atoms with van der Waals surface area (Å²) in [6, 6.07) is 21.8. The Kier molecular flexibility index (Phi) is 6.10. The van der Waals surface area contributed by atoms with Crippen LogP contribution in [0.3, 0.4) is 0 Å². The molecule has 0 amide bonds. The lowest BCUT2D eigenvalue weighted by atomic mass is 10.1. The second-order valence-electron chi connectivity index (χ2n) is 9.42. The second kappa shape index (κ2) is 9.38. The average molecular weight is 481 g/mol. The molecule has 0 aliphatic heterocycles. The molecule has 6 nitrogen and oxygen atoms in total. The molecule has 2 N–H and O–H groups in total. The Morgan fingerprint density at radius 2 is 0.917 bits per heavy atom. The van der Waals surface area contributed by atoms with Crippen LogP contribution >= 0.6 is 0 Å². The minimum Gasteiger partial charge on any atom is -0.491 e. The van der Waals surface area contributed by atoms with Gasteiger partial charge in [0.1, 0.15) is 11.5 Å². The van der Waals surface area contributed by atoms with Crippen molar-refractivity contribution >= 4 is 21.8 Å². The molecule has 5 rings (SSSR count). The summed E-state index contributed by atoms with van der Waals surface area (Å²) in [5, 5.41) is 1.03. The van der Waals surface area contributed by atoms with Crippen molar-refractivity contribution in [2.24, 2.45) is 0 Å². The van der Waals surface area contributed by atoms with Crippen molar-refractivity contribution < 1.29 is 9.47 Å². The second-order valence-corrected chi connectivity index (χ2v) is 9.42. The maximum atomic E-state index is 13.0. The molecule has 0 saturated heterocycles. The monoisotopic (exact) mass is 480 g/mol. The average Bonchev–Trinajstić information content (AvgIpc) is 2.83. The first-order valence-corrected chi connectivity index (χ1v) is 12.0. The zero-order valence-corrected chi connectivity index (χ0v) is 20.7. The topological polar surface area (TPSA) is 84.2 Å². The van der Waals surface area contributed by atoms with Crippen LogP contribution in [0.15, 0.2) is 82.4 Å². The van der Waals surface area contributed by atoms with Crippen LogP contribution in [0.5, 0.6) is 11.5 Å². The van der Waals surface area contributed by atoms with Gasteiger partial charge in [-0.2, -0.15) is 0 Å². The Bertz CT molecular complexity index is 1530. The Balaban J connectivity index is 1.55. The predicted octanol–water partition coefficient (Wildman–Crippen LogP) is 6.28. The molecule has 182 valence electrons. The molecule has 0 radical (unpaired) electrons. The first-order valence-electron chi connectivity index (χ1n) is 12.0. The summed E-state index contributed by atoms with van der Waals surface area (Å²) in [5.41, 5.74) is 4.06. The molecule has 0 bridgehead atoms. The van der Waals surface area contributed by atoms with Crippen molar-refractivity contribution in [3.05, 3.63) is 93.2 Å². The molecular formula is C30H28N2O4. The molecule has 0 spiro atoms. The van der Waals surface area contributed by atoms with Gasteiger partial charge in [-0.3, -0.25) is 9.59 Å². The van der Waals surface area contributed by atoms with Gasteiger partial charge >= 0.3 is 0 Å². The third kappa shape index (κ3) is 4.75. The Labute approximate surface area is 208 Å². The van der Waals surface area contributed by atoms with Gasteiger partial charge in [-0.05, 0) is 99.5 Å². The van der Waals surface area contributed by atoms with Gasteiger partial charge in [0.15, 0.2) is 10.9 Å². The number of aromatic amines is 2. The maximum absolute atomic E-state index is 13.0. The van der Waals surface area contributed by atoms with E-state index in [1.807, 2.05) is 76.2 Å². The molecule has 5 aromatic rings. The number of hydrogen-bond donors (Lipinski definition) is 2. The van der Waals surface area contributed by atoms with Gasteiger partial charge in [0.25, 0.3) is 0 Å². The summed E-state index contributed by atoms with van der Waals surface area (Å²) in [5.74, 6) is 1.54. The molecule has 3 aromatic carbocycles. The van der Waals surface area contributed by atoms with Gasteiger partial charge < -0.3 is 19.4 Å². The number of benzene rings is 3. The molecule has 0 saturated carbocycles. The summed E-state index contributed by atoms with van der Waals surface area (Å²) >= 11 is 0. The summed E-state index contributed by atoms with van der Waals surface area (Å²) in [6.07, 6.45) is 0.169. The number of rotatable bonds is 6. The van der Waals surface area contributed by atoms with Gasteiger partial charge in [-0.1, -0.05) is 0 Å². The molecule has 0 unspecified atom stereocenters. The number of ether oxygens (including phenoxy) is 2. The van der Waals surface area contributed by atoms with E-state index in [4.69, 9.17) is 9.47 Å². The van der Waals surface area contributed by atoms with E-state index in [-0.39, 0.29) is 23.1 Å². The van der Waals surface area contributed by atoms with E-state index in [0.717, 1.165) is 22.6 Å². The number of hydrogen-bond acceptors (Lipinski definition) is 4. The van der Waals surface area contributed by atoms with Gasteiger partial charge in [-0.15, -0.1) is 0 Å². The van der Waals surface area contributed by atoms with Crippen LogP contribution in [0, 0.1) is 0 Å². The highest BCUT2D eigenvalue weighted by atomic mass is 16.5. The van der Waals surface area contributed by atoms with E-state index in [2.05, 4.69) is 9.97 Å². The lowest BCUT2D eigenvalue weighted by molar-refractivity contribution is 0.242. The highest BCUT2D eigenvalue weighted by Crippen LogP contribution is 2.26. The zero-order valence-electron chi connectivity index (χ0n) is 20.7. The van der Waals surface area contributed by atoms with Crippen molar-refractivity contribution in [2.45, 2.75) is 39.9 Å². The van der Waals surface area contributed by atoms with Crippen molar-refractivity contribution in [1.82, 2.24) is 9.97 Å².